The third-order valence-electron chi connectivity index (χ3n) is 1.33. The van der Waals surface area contributed by atoms with Gasteiger partial charge in [0.05, 0.1) is 17.2 Å². The van der Waals surface area contributed by atoms with Crippen LogP contribution in [-0.4, -0.2) is 15.0 Å². The summed E-state index contributed by atoms with van der Waals surface area (Å²) in [5.41, 5.74) is 5.39. The summed E-state index contributed by atoms with van der Waals surface area (Å²) >= 11 is 0. The Balaban J connectivity index is 3.12. The molecule has 0 aromatic carbocycles. The second-order valence-corrected chi connectivity index (χ2v) is 2.15. The number of pyridine rings is 1. The van der Waals surface area contributed by atoms with Gasteiger partial charge in [-0.2, -0.15) is 0 Å². The van der Waals surface area contributed by atoms with Gasteiger partial charge >= 0.3 is 5.69 Å². The fourth-order valence-corrected chi connectivity index (χ4v) is 0.748. The Hall–Kier alpha value is -1.69. The number of nitro groups is 1. The number of rotatable bonds is 2. The number of anilines is 1. The van der Waals surface area contributed by atoms with Crippen molar-refractivity contribution in [2.45, 2.75) is 6.61 Å². The first kappa shape index (κ1) is 8.41. The van der Waals surface area contributed by atoms with E-state index in [1.165, 1.54) is 6.07 Å². The Kier molecular flexibility index (Phi) is 2.20. The van der Waals surface area contributed by atoms with Crippen LogP contribution in [0.5, 0.6) is 0 Å². The molecular formula is C6H7N3O3. The van der Waals surface area contributed by atoms with Crippen molar-refractivity contribution in [3.8, 4) is 0 Å². The number of aromatic nitrogens is 1. The quantitative estimate of drug-likeness (QED) is 0.481. The lowest BCUT2D eigenvalue weighted by Crippen LogP contribution is -1.99. The standard InChI is InChI=1S/C6H7N3O3/c7-5-1-4(3-10)8-2-6(5)9(11)12/h1-2,10H,3H2,(H2,7,8). The summed E-state index contributed by atoms with van der Waals surface area (Å²) in [6, 6.07) is 1.28. The third-order valence-corrected chi connectivity index (χ3v) is 1.33. The topological polar surface area (TPSA) is 102 Å². The first-order valence-electron chi connectivity index (χ1n) is 3.15. The van der Waals surface area contributed by atoms with Crippen LogP contribution in [-0.2, 0) is 6.61 Å². The van der Waals surface area contributed by atoms with Crippen LogP contribution in [0.3, 0.4) is 0 Å². The zero-order valence-electron chi connectivity index (χ0n) is 6.10. The molecule has 12 heavy (non-hydrogen) atoms. The highest BCUT2D eigenvalue weighted by Crippen LogP contribution is 2.19. The average molecular weight is 169 g/mol. The molecular weight excluding hydrogens is 162 g/mol. The van der Waals surface area contributed by atoms with Crippen molar-refractivity contribution in [3.63, 3.8) is 0 Å². The van der Waals surface area contributed by atoms with E-state index in [0.29, 0.717) is 5.69 Å². The number of nitrogen functional groups attached to an aromatic ring is 1. The molecule has 1 aromatic heterocycles. The molecule has 0 saturated heterocycles. The van der Waals surface area contributed by atoms with E-state index in [0.717, 1.165) is 6.20 Å². The normalized spacial score (nSPS) is 9.75. The highest BCUT2D eigenvalue weighted by atomic mass is 16.6. The molecule has 0 aliphatic rings. The van der Waals surface area contributed by atoms with Gasteiger partial charge in [-0.25, -0.2) is 0 Å². The van der Waals surface area contributed by atoms with E-state index < -0.39 is 4.92 Å². The molecule has 0 fully saturated rings. The molecule has 0 aliphatic carbocycles. The van der Waals surface area contributed by atoms with Crippen molar-refractivity contribution >= 4 is 11.4 Å². The van der Waals surface area contributed by atoms with Crippen LogP contribution in [0.2, 0.25) is 0 Å². The molecule has 1 heterocycles. The Morgan fingerprint density at radius 2 is 2.42 bits per heavy atom. The van der Waals surface area contributed by atoms with Crippen LogP contribution in [0.25, 0.3) is 0 Å². The summed E-state index contributed by atoms with van der Waals surface area (Å²) in [5, 5.41) is 18.8. The molecule has 1 rings (SSSR count). The number of nitrogens with two attached hydrogens (primary N) is 1. The van der Waals surface area contributed by atoms with Crippen molar-refractivity contribution in [2.24, 2.45) is 0 Å². The molecule has 0 unspecified atom stereocenters. The fraction of sp³-hybridized carbons (Fsp3) is 0.167. The van der Waals surface area contributed by atoms with Crippen LogP contribution < -0.4 is 5.73 Å². The summed E-state index contributed by atoms with van der Waals surface area (Å²) in [4.78, 5) is 13.2. The number of hydrogen-bond donors (Lipinski definition) is 2. The monoisotopic (exact) mass is 169 g/mol. The first-order chi connectivity index (χ1) is 5.65. The molecule has 6 nitrogen and oxygen atoms in total. The molecule has 0 atom stereocenters. The number of aliphatic hydroxyl groups is 1. The summed E-state index contributed by atoms with van der Waals surface area (Å²) in [7, 11) is 0. The number of nitrogens with zero attached hydrogens (tertiary/aromatic N) is 2. The lowest BCUT2D eigenvalue weighted by molar-refractivity contribution is -0.384. The van der Waals surface area contributed by atoms with E-state index >= 15 is 0 Å². The van der Waals surface area contributed by atoms with Crippen LogP contribution in [0.1, 0.15) is 5.69 Å². The SMILES string of the molecule is Nc1cc(CO)ncc1[N+](=O)[O-]. The van der Waals surface area contributed by atoms with Gasteiger partial charge in [0, 0.05) is 0 Å². The number of hydrogen-bond acceptors (Lipinski definition) is 5. The maximum absolute atomic E-state index is 10.2. The van der Waals surface area contributed by atoms with Crippen LogP contribution in [0.4, 0.5) is 11.4 Å². The minimum Gasteiger partial charge on any atom is -0.393 e. The maximum atomic E-state index is 10.2. The smallest absolute Gasteiger partial charge is 0.310 e. The molecule has 0 radical (unpaired) electrons. The van der Waals surface area contributed by atoms with Gasteiger partial charge in [0.25, 0.3) is 0 Å². The van der Waals surface area contributed by atoms with Gasteiger partial charge in [0.1, 0.15) is 11.9 Å². The number of aliphatic hydroxyl groups excluding tert-OH is 1. The summed E-state index contributed by atoms with van der Waals surface area (Å²) in [6.07, 6.45) is 1.03. The Morgan fingerprint density at radius 1 is 1.75 bits per heavy atom. The molecule has 3 N–H and O–H groups in total. The van der Waals surface area contributed by atoms with Crippen LogP contribution in [0.15, 0.2) is 12.3 Å². The average Bonchev–Trinajstić information content (AvgIpc) is 2.03. The Labute approximate surface area is 67.8 Å². The van der Waals surface area contributed by atoms with Gasteiger partial charge in [0.15, 0.2) is 0 Å². The second-order valence-electron chi connectivity index (χ2n) is 2.15. The van der Waals surface area contributed by atoms with Crippen molar-refractivity contribution in [2.75, 3.05) is 5.73 Å². The molecule has 0 bridgehead atoms. The van der Waals surface area contributed by atoms with Gasteiger partial charge in [0.2, 0.25) is 0 Å². The van der Waals surface area contributed by atoms with E-state index in [-0.39, 0.29) is 18.0 Å². The van der Waals surface area contributed by atoms with E-state index in [4.69, 9.17) is 10.8 Å². The second kappa shape index (κ2) is 3.14. The molecule has 0 saturated carbocycles. The first-order valence-corrected chi connectivity index (χ1v) is 3.15. The maximum Gasteiger partial charge on any atom is 0.310 e. The van der Waals surface area contributed by atoms with Crippen molar-refractivity contribution in [1.82, 2.24) is 4.98 Å². The van der Waals surface area contributed by atoms with Crippen molar-refractivity contribution in [3.05, 3.63) is 28.1 Å². The summed E-state index contributed by atoms with van der Waals surface area (Å²) < 4.78 is 0. The van der Waals surface area contributed by atoms with E-state index in [1.54, 1.807) is 0 Å². The van der Waals surface area contributed by atoms with Crippen molar-refractivity contribution < 1.29 is 10.0 Å². The molecule has 0 amide bonds. The minimum absolute atomic E-state index is 0.0130. The predicted octanol–water partition coefficient (Wildman–Crippen LogP) is 0.0643. The lowest BCUT2D eigenvalue weighted by Gasteiger charge is -1.97. The van der Waals surface area contributed by atoms with Crippen LogP contribution in [0, 0.1) is 10.1 Å². The minimum atomic E-state index is -0.622. The largest absolute Gasteiger partial charge is 0.393 e. The molecule has 0 aliphatic heterocycles. The van der Waals surface area contributed by atoms with Gasteiger partial charge < -0.3 is 10.8 Å². The van der Waals surface area contributed by atoms with E-state index in [1.807, 2.05) is 0 Å². The predicted molar refractivity (Wildman–Crippen MR) is 41.2 cm³/mol. The molecule has 6 heteroatoms. The Bertz CT molecular complexity index is 313. The molecule has 0 spiro atoms. The zero-order chi connectivity index (χ0) is 9.14. The highest BCUT2D eigenvalue weighted by molar-refractivity contribution is 5.56. The van der Waals surface area contributed by atoms with Crippen LogP contribution >= 0.6 is 0 Å². The van der Waals surface area contributed by atoms with E-state index in [9.17, 15) is 10.1 Å². The summed E-state index contributed by atoms with van der Waals surface area (Å²) in [5.74, 6) is 0. The van der Waals surface area contributed by atoms with Gasteiger partial charge in [-0.1, -0.05) is 0 Å². The summed E-state index contributed by atoms with van der Waals surface area (Å²) in [6.45, 7) is -0.276. The lowest BCUT2D eigenvalue weighted by atomic mass is 10.3. The fourth-order valence-electron chi connectivity index (χ4n) is 0.748. The Morgan fingerprint density at radius 3 is 2.83 bits per heavy atom. The van der Waals surface area contributed by atoms with Gasteiger partial charge in [-0.3, -0.25) is 15.1 Å². The molecule has 64 valence electrons. The van der Waals surface area contributed by atoms with Gasteiger partial charge in [-0.05, 0) is 6.07 Å². The third kappa shape index (κ3) is 1.48. The van der Waals surface area contributed by atoms with Gasteiger partial charge in [-0.15, -0.1) is 0 Å². The highest BCUT2D eigenvalue weighted by Gasteiger charge is 2.11. The van der Waals surface area contributed by atoms with E-state index in [2.05, 4.69) is 4.98 Å². The molecule has 1 aromatic rings. The zero-order valence-corrected chi connectivity index (χ0v) is 6.10. The van der Waals surface area contributed by atoms with Crippen molar-refractivity contribution in [1.29, 1.82) is 0 Å².